The van der Waals surface area contributed by atoms with Crippen LogP contribution in [0, 0.1) is 6.92 Å². The summed E-state index contributed by atoms with van der Waals surface area (Å²) in [5, 5.41) is 8.43. The molecule has 0 saturated heterocycles. The zero-order valence-corrected chi connectivity index (χ0v) is 13.4. The maximum atomic E-state index is 13.0. The molecule has 0 spiro atoms. The predicted molar refractivity (Wildman–Crippen MR) is 79.2 cm³/mol. The summed E-state index contributed by atoms with van der Waals surface area (Å²) in [6.07, 6.45) is -4.17. The Morgan fingerprint density at radius 2 is 2.04 bits per heavy atom. The van der Waals surface area contributed by atoms with Crippen LogP contribution in [0.5, 0.6) is 0 Å². The van der Waals surface area contributed by atoms with Gasteiger partial charge >= 0.3 is 12.1 Å². The van der Waals surface area contributed by atoms with Crippen molar-refractivity contribution in [2.24, 2.45) is 0 Å². The number of aromatic nitrogens is 2. The zero-order chi connectivity index (χ0) is 18.2. The lowest BCUT2D eigenvalue weighted by molar-refractivity contribution is -0.138. The van der Waals surface area contributed by atoms with Crippen molar-refractivity contribution in [3.63, 3.8) is 0 Å². The maximum absolute atomic E-state index is 13.0. The van der Waals surface area contributed by atoms with Crippen molar-refractivity contribution >= 4 is 29.1 Å². The summed E-state index contributed by atoms with van der Waals surface area (Å²) < 4.78 is 39.8. The van der Waals surface area contributed by atoms with Gasteiger partial charge < -0.3 is 10.0 Å². The highest BCUT2D eigenvalue weighted by Crippen LogP contribution is 2.33. The number of hydrogen-bond donors (Lipinski definition) is 1. The third-order valence-corrected chi connectivity index (χ3v) is 3.67. The first kappa shape index (κ1) is 18.1. The van der Waals surface area contributed by atoms with E-state index in [1.165, 1.54) is 14.0 Å². The summed E-state index contributed by atoms with van der Waals surface area (Å²) in [5.74, 6) is -1.73. The van der Waals surface area contributed by atoms with E-state index in [1.54, 1.807) is 0 Å². The highest BCUT2D eigenvalue weighted by atomic mass is 35.5. The summed E-state index contributed by atoms with van der Waals surface area (Å²) in [7, 11) is 1.36. The maximum Gasteiger partial charge on any atom is 0.417 e. The Hall–Kier alpha value is -2.29. The molecular formula is C14H13ClF3N3O3. The van der Waals surface area contributed by atoms with Gasteiger partial charge in [-0.1, -0.05) is 11.6 Å². The number of nitrogens with zero attached hydrogens (tertiary/aromatic N) is 3. The monoisotopic (exact) mass is 363 g/mol. The number of carboxylic acid groups (broad SMARTS) is 1. The molecule has 130 valence electrons. The van der Waals surface area contributed by atoms with Gasteiger partial charge in [0.05, 0.1) is 22.7 Å². The van der Waals surface area contributed by atoms with Crippen molar-refractivity contribution in [2.75, 3.05) is 13.6 Å². The molecule has 2 aromatic heterocycles. The highest BCUT2D eigenvalue weighted by molar-refractivity contribution is 6.33. The normalized spacial score (nSPS) is 11.8. The van der Waals surface area contributed by atoms with Crippen LogP contribution in [0.15, 0.2) is 12.3 Å². The van der Waals surface area contributed by atoms with Crippen LogP contribution in [-0.2, 0) is 11.0 Å². The summed E-state index contributed by atoms with van der Waals surface area (Å²) in [4.78, 5) is 28.2. The van der Waals surface area contributed by atoms with E-state index in [2.05, 4.69) is 4.98 Å². The number of carbonyl (C=O) groups excluding carboxylic acids is 1. The van der Waals surface area contributed by atoms with Gasteiger partial charge in [-0.05, 0) is 13.0 Å². The Balaban J connectivity index is 2.53. The molecule has 1 N–H and O–H groups in total. The number of carbonyl (C=O) groups is 2. The molecule has 0 aliphatic carbocycles. The number of alkyl halides is 3. The van der Waals surface area contributed by atoms with Crippen molar-refractivity contribution in [1.82, 2.24) is 14.3 Å². The minimum atomic E-state index is -4.63. The molecule has 0 aromatic carbocycles. The van der Waals surface area contributed by atoms with Crippen LogP contribution in [0.4, 0.5) is 13.2 Å². The predicted octanol–water partition coefficient (Wildman–Crippen LogP) is 2.86. The molecule has 10 heteroatoms. The second-order valence-electron chi connectivity index (χ2n) is 5.18. The third-order valence-electron chi connectivity index (χ3n) is 3.39. The smallest absolute Gasteiger partial charge is 0.417 e. The zero-order valence-electron chi connectivity index (χ0n) is 12.7. The van der Waals surface area contributed by atoms with Crippen molar-refractivity contribution < 1.29 is 27.9 Å². The van der Waals surface area contributed by atoms with E-state index in [1.807, 2.05) is 0 Å². The van der Waals surface area contributed by atoms with Gasteiger partial charge in [-0.15, -0.1) is 0 Å². The minimum absolute atomic E-state index is 0.0251. The SMILES string of the molecule is Cc1nc2c(Cl)cc(C(F)(F)F)cn2c1C(=O)N(C)CCC(=O)O. The quantitative estimate of drug-likeness (QED) is 0.906. The fourth-order valence-electron chi connectivity index (χ4n) is 2.18. The average Bonchev–Trinajstić information content (AvgIpc) is 2.79. The lowest BCUT2D eigenvalue weighted by Crippen LogP contribution is -2.30. The van der Waals surface area contributed by atoms with Gasteiger partial charge in [0.25, 0.3) is 5.91 Å². The summed E-state index contributed by atoms with van der Waals surface area (Å²) >= 11 is 5.85. The molecule has 0 aliphatic rings. The first-order valence-corrected chi connectivity index (χ1v) is 7.13. The topological polar surface area (TPSA) is 74.9 Å². The first-order chi connectivity index (χ1) is 11.0. The third kappa shape index (κ3) is 3.45. The van der Waals surface area contributed by atoms with Crippen LogP contribution < -0.4 is 0 Å². The van der Waals surface area contributed by atoms with Crippen LogP contribution in [0.25, 0.3) is 5.65 Å². The van der Waals surface area contributed by atoms with E-state index < -0.39 is 23.6 Å². The molecule has 0 aliphatic heterocycles. The molecule has 2 heterocycles. The van der Waals surface area contributed by atoms with Gasteiger partial charge in [0.1, 0.15) is 5.69 Å². The molecule has 2 aromatic rings. The number of halogens is 4. The van der Waals surface area contributed by atoms with Gasteiger partial charge in [0.15, 0.2) is 5.65 Å². The Morgan fingerprint density at radius 1 is 1.42 bits per heavy atom. The Kier molecular flexibility index (Phi) is 4.75. The van der Waals surface area contributed by atoms with E-state index in [4.69, 9.17) is 16.7 Å². The van der Waals surface area contributed by atoms with E-state index in [0.717, 1.165) is 21.6 Å². The number of pyridine rings is 1. The number of fused-ring (bicyclic) bond motifs is 1. The van der Waals surface area contributed by atoms with Gasteiger partial charge in [0, 0.05) is 19.8 Å². The Morgan fingerprint density at radius 3 is 2.58 bits per heavy atom. The number of rotatable bonds is 4. The lowest BCUT2D eigenvalue weighted by atomic mass is 10.2. The fraction of sp³-hybridized carbons (Fsp3) is 0.357. The number of hydrogen-bond acceptors (Lipinski definition) is 3. The first-order valence-electron chi connectivity index (χ1n) is 6.75. The van der Waals surface area contributed by atoms with Crippen LogP contribution in [0.3, 0.4) is 0 Å². The molecule has 6 nitrogen and oxygen atoms in total. The second kappa shape index (κ2) is 6.31. The van der Waals surface area contributed by atoms with Crippen LogP contribution in [-0.4, -0.2) is 44.9 Å². The summed E-state index contributed by atoms with van der Waals surface area (Å²) in [6, 6.07) is 0.742. The molecule has 0 atom stereocenters. The Labute approximate surface area is 139 Å². The molecule has 2 rings (SSSR count). The number of amides is 1. The second-order valence-corrected chi connectivity index (χ2v) is 5.59. The number of aliphatic carboxylic acids is 1. The molecule has 0 fully saturated rings. The van der Waals surface area contributed by atoms with Crippen LogP contribution in [0.2, 0.25) is 5.02 Å². The number of imidazole rings is 1. The largest absolute Gasteiger partial charge is 0.481 e. The standard InChI is InChI=1S/C14H13ClF3N3O3/c1-7-11(13(24)20(2)4-3-10(22)23)21-6-8(14(16,17)18)5-9(15)12(21)19-7/h5-6H,3-4H2,1-2H3,(H,22,23). The minimum Gasteiger partial charge on any atom is -0.481 e. The fourth-order valence-corrected chi connectivity index (χ4v) is 2.43. The molecule has 0 saturated carbocycles. The van der Waals surface area contributed by atoms with Gasteiger partial charge in [-0.3, -0.25) is 14.0 Å². The van der Waals surface area contributed by atoms with E-state index in [-0.39, 0.29) is 35.0 Å². The lowest BCUT2D eigenvalue weighted by Gasteiger charge is -2.16. The number of aryl methyl sites for hydroxylation is 1. The molecule has 0 unspecified atom stereocenters. The van der Waals surface area contributed by atoms with Crippen molar-refractivity contribution in [1.29, 1.82) is 0 Å². The van der Waals surface area contributed by atoms with Gasteiger partial charge in [0.2, 0.25) is 0 Å². The molecule has 24 heavy (non-hydrogen) atoms. The van der Waals surface area contributed by atoms with E-state index in [0.29, 0.717) is 0 Å². The van der Waals surface area contributed by atoms with Crippen LogP contribution >= 0.6 is 11.6 Å². The average molecular weight is 364 g/mol. The summed E-state index contributed by atoms with van der Waals surface area (Å²) in [5.41, 5.74) is -0.883. The highest BCUT2D eigenvalue weighted by Gasteiger charge is 2.33. The van der Waals surface area contributed by atoms with Crippen molar-refractivity contribution in [2.45, 2.75) is 19.5 Å². The Bertz CT molecular complexity index is 817. The molecule has 0 bridgehead atoms. The van der Waals surface area contributed by atoms with Gasteiger partial charge in [-0.25, -0.2) is 4.98 Å². The molecular weight excluding hydrogens is 351 g/mol. The summed E-state index contributed by atoms with van der Waals surface area (Å²) in [6.45, 7) is 1.38. The van der Waals surface area contributed by atoms with Crippen molar-refractivity contribution in [3.05, 3.63) is 34.2 Å². The van der Waals surface area contributed by atoms with E-state index in [9.17, 15) is 22.8 Å². The number of carboxylic acids is 1. The van der Waals surface area contributed by atoms with Gasteiger partial charge in [-0.2, -0.15) is 13.2 Å². The molecule has 1 amide bonds. The van der Waals surface area contributed by atoms with Crippen molar-refractivity contribution in [3.8, 4) is 0 Å². The molecule has 0 radical (unpaired) electrons. The van der Waals surface area contributed by atoms with E-state index >= 15 is 0 Å². The van der Waals surface area contributed by atoms with Crippen LogP contribution in [0.1, 0.15) is 28.2 Å².